The molecule has 0 radical (unpaired) electrons. The van der Waals surface area contributed by atoms with E-state index in [0.29, 0.717) is 12.0 Å². The Labute approximate surface area is 238 Å². The first kappa shape index (κ1) is 30.3. The Bertz CT molecular complexity index is 1650. The SMILES string of the molecule is CN(C[C@H](O)CNC(C)(C)Cc1ccc2ccccc2c1)S(=O)(=O)c1ccc(-c2cc(F)c(C(=O)O)c(F)c2)cc1. The molecule has 0 bridgehead atoms. The number of sulfonamides is 1. The summed E-state index contributed by atoms with van der Waals surface area (Å²) in [7, 11) is -2.61. The average Bonchev–Trinajstić information content (AvgIpc) is 2.91. The van der Waals surface area contributed by atoms with Gasteiger partial charge in [-0.05, 0) is 72.0 Å². The van der Waals surface area contributed by atoms with Crippen molar-refractivity contribution >= 4 is 26.8 Å². The zero-order chi connectivity index (χ0) is 29.9. The lowest BCUT2D eigenvalue weighted by atomic mass is 9.93. The molecule has 0 amide bonds. The molecule has 3 N–H and O–H groups in total. The fourth-order valence-electron chi connectivity index (χ4n) is 4.72. The number of rotatable bonds is 11. The highest BCUT2D eigenvalue weighted by Gasteiger charge is 2.25. The molecule has 0 fully saturated rings. The van der Waals surface area contributed by atoms with Crippen LogP contribution in [0, 0.1) is 11.6 Å². The van der Waals surface area contributed by atoms with Crippen molar-refractivity contribution in [2.45, 2.75) is 36.8 Å². The number of hydrogen-bond donors (Lipinski definition) is 3. The molecule has 1 atom stereocenters. The van der Waals surface area contributed by atoms with Crippen molar-refractivity contribution in [2.75, 3.05) is 20.1 Å². The molecule has 4 aromatic rings. The van der Waals surface area contributed by atoms with Gasteiger partial charge in [0.05, 0.1) is 11.0 Å². The summed E-state index contributed by atoms with van der Waals surface area (Å²) >= 11 is 0. The topological polar surface area (TPSA) is 107 Å². The van der Waals surface area contributed by atoms with Gasteiger partial charge in [-0.15, -0.1) is 0 Å². The number of carboxylic acids is 1. The first-order valence-corrected chi connectivity index (χ1v) is 14.4. The highest BCUT2D eigenvalue weighted by atomic mass is 32.2. The molecule has 0 aromatic heterocycles. The molecular weight excluding hydrogens is 550 g/mol. The summed E-state index contributed by atoms with van der Waals surface area (Å²) in [5.41, 5.74) is 0.0920. The minimum absolute atomic E-state index is 0.0649. The van der Waals surface area contributed by atoms with Crippen molar-refractivity contribution < 1.29 is 32.2 Å². The zero-order valence-electron chi connectivity index (χ0n) is 22.9. The van der Waals surface area contributed by atoms with Crippen LogP contribution in [0.2, 0.25) is 0 Å². The number of nitrogens with one attached hydrogen (secondary N) is 1. The normalized spacial score (nSPS) is 13.0. The smallest absolute Gasteiger partial charge is 0.341 e. The maximum absolute atomic E-state index is 14.1. The summed E-state index contributed by atoms with van der Waals surface area (Å²) < 4.78 is 55.4. The maximum Gasteiger partial charge on any atom is 0.341 e. The first-order valence-electron chi connectivity index (χ1n) is 13.0. The number of likely N-dealkylation sites (N-methyl/N-ethyl adjacent to an activating group) is 1. The van der Waals surface area contributed by atoms with Crippen LogP contribution in [0.4, 0.5) is 8.78 Å². The van der Waals surface area contributed by atoms with Crippen molar-refractivity contribution in [3.8, 4) is 11.1 Å². The van der Waals surface area contributed by atoms with Crippen LogP contribution in [-0.4, -0.2) is 60.7 Å². The third-order valence-electron chi connectivity index (χ3n) is 6.90. The van der Waals surface area contributed by atoms with E-state index in [9.17, 15) is 27.1 Å². The molecule has 0 saturated carbocycles. The lowest BCUT2D eigenvalue weighted by Gasteiger charge is -2.29. The Morgan fingerprint density at radius 3 is 2.15 bits per heavy atom. The van der Waals surface area contributed by atoms with Crippen LogP contribution < -0.4 is 5.32 Å². The number of carboxylic acid groups (broad SMARTS) is 1. The molecule has 0 saturated heterocycles. The van der Waals surface area contributed by atoms with Crippen molar-refractivity contribution in [1.82, 2.24) is 9.62 Å². The minimum Gasteiger partial charge on any atom is -0.477 e. The van der Waals surface area contributed by atoms with Gasteiger partial charge in [0.2, 0.25) is 10.0 Å². The van der Waals surface area contributed by atoms with Crippen LogP contribution in [0.15, 0.2) is 83.8 Å². The molecule has 4 aromatic carbocycles. The second kappa shape index (κ2) is 12.0. The van der Waals surface area contributed by atoms with E-state index in [1.54, 1.807) is 0 Å². The summed E-state index contributed by atoms with van der Waals surface area (Å²) in [4.78, 5) is 11.0. The predicted octanol–water partition coefficient (Wildman–Crippen LogP) is 5.08. The second-order valence-electron chi connectivity index (χ2n) is 10.7. The lowest BCUT2D eigenvalue weighted by Crippen LogP contribution is -2.47. The van der Waals surface area contributed by atoms with Gasteiger partial charge in [0.1, 0.15) is 17.2 Å². The van der Waals surface area contributed by atoms with Crippen LogP contribution in [0.25, 0.3) is 21.9 Å². The van der Waals surface area contributed by atoms with E-state index in [4.69, 9.17) is 5.11 Å². The molecule has 0 aliphatic rings. The van der Waals surface area contributed by atoms with E-state index < -0.39 is 39.3 Å². The Kier molecular flexibility index (Phi) is 8.89. The van der Waals surface area contributed by atoms with Crippen LogP contribution in [0.5, 0.6) is 0 Å². The number of benzene rings is 4. The quantitative estimate of drug-likeness (QED) is 0.228. The van der Waals surface area contributed by atoms with E-state index in [0.717, 1.165) is 32.8 Å². The fraction of sp³-hybridized carbons (Fsp3) is 0.258. The first-order chi connectivity index (χ1) is 19.3. The van der Waals surface area contributed by atoms with Gasteiger partial charge in [-0.25, -0.2) is 22.0 Å². The fourth-order valence-corrected chi connectivity index (χ4v) is 5.93. The van der Waals surface area contributed by atoms with Crippen LogP contribution in [-0.2, 0) is 16.4 Å². The van der Waals surface area contributed by atoms with Crippen molar-refractivity contribution in [3.05, 3.63) is 102 Å². The van der Waals surface area contributed by atoms with E-state index >= 15 is 0 Å². The molecule has 0 heterocycles. The number of halogens is 2. The van der Waals surface area contributed by atoms with Gasteiger partial charge >= 0.3 is 5.97 Å². The van der Waals surface area contributed by atoms with Crippen molar-refractivity contribution in [1.29, 1.82) is 0 Å². The van der Waals surface area contributed by atoms with Gasteiger partial charge in [0, 0.05) is 25.7 Å². The van der Waals surface area contributed by atoms with Gasteiger partial charge in [-0.1, -0.05) is 54.6 Å². The van der Waals surface area contributed by atoms with Gasteiger partial charge in [-0.2, -0.15) is 4.31 Å². The number of β-amino-alcohol motifs (C(OH)–C–C–N with tert-alkyl or cyclic N) is 1. The lowest BCUT2D eigenvalue weighted by molar-refractivity contribution is 0.0686. The number of aliphatic hydroxyl groups is 1. The van der Waals surface area contributed by atoms with Crippen LogP contribution in [0.3, 0.4) is 0 Å². The van der Waals surface area contributed by atoms with E-state index in [1.165, 1.54) is 31.3 Å². The second-order valence-corrected chi connectivity index (χ2v) is 12.8. The summed E-state index contributed by atoms with van der Waals surface area (Å²) in [5.74, 6) is -4.18. The molecule has 0 unspecified atom stereocenters. The van der Waals surface area contributed by atoms with Crippen molar-refractivity contribution in [2.24, 2.45) is 0 Å². The summed E-state index contributed by atoms with van der Waals surface area (Å²) in [6.45, 7) is 4.05. The maximum atomic E-state index is 14.1. The number of nitrogens with zero attached hydrogens (tertiary/aromatic N) is 1. The highest BCUT2D eigenvalue weighted by molar-refractivity contribution is 7.89. The van der Waals surface area contributed by atoms with E-state index in [-0.39, 0.29) is 29.1 Å². The summed E-state index contributed by atoms with van der Waals surface area (Å²) in [5, 5.41) is 25.2. The molecule has 7 nitrogen and oxygen atoms in total. The average molecular weight is 583 g/mol. The van der Waals surface area contributed by atoms with Crippen LogP contribution >= 0.6 is 0 Å². The van der Waals surface area contributed by atoms with E-state index in [1.807, 2.05) is 26.0 Å². The zero-order valence-corrected chi connectivity index (χ0v) is 23.8. The third kappa shape index (κ3) is 7.15. The van der Waals surface area contributed by atoms with Gasteiger partial charge < -0.3 is 15.5 Å². The number of aromatic carboxylic acids is 1. The number of carbonyl (C=O) groups is 1. The Morgan fingerprint density at radius 2 is 1.54 bits per heavy atom. The summed E-state index contributed by atoms with van der Waals surface area (Å²) in [6.07, 6.45) is -0.277. The minimum atomic E-state index is -3.97. The molecule has 0 aliphatic carbocycles. The Hall–Kier alpha value is -3.70. The van der Waals surface area contributed by atoms with Gasteiger partial charge in [0.25, 0.3) is 0 Å². The van der Waals surface area contributed by atoms with E-state index in [2.05, 4.69) is 35.6 Å². The van der Waals surface area contributed by atoms with Crippen molar-refractivity contribution in [3.63, 3.8) is 0 Å². The van der Waals surface area contributed by atoms with Gasteiger partial charge in [0.15, 0.2) is 0 Å². The number of hydrogen-bond acceptors (Lipinski definition) is 5. The highest BCUT2D eigenvalue weighted by Crippen LogP contribution is 2.27. The standard InChI is InChI=1S/C31H32F2N2O5S/c1-31(2,17-20-8-9-21-6-4-5-7-23(21)14-20)34-18-25(36)19-35(3)41(39,40)26-12-10-22(11-13-26)24-15-27(32)29(30(37)38)28(33)16-24/h4-16,25,34,36H,17-19H2,1-3H3,(H,37,38)/t25-/m1/s1. The molecule has 0 aliphatic heterocycles. The number of fused-ring (bicyclic) bond motifs is 1. The van der Waals surface area contributed by atoms with Gasteiger partial charge in [-0.3, -0.25) is 0 Å². The Balaban J connectivity index is 1.37. The molecule has 0 spiro atoms. The third-order valence-corrected chi connectivity index (χ3v) is 8.73. The molecule has 216 valence electrons. The number of aliphatic hydroxyl groups excluding tert-OH is 1. The molecule has 41 heavy (non-hydrogen) atoms. The molecule has 10 heteroatoms. The molecule has 4 rings (SSSR count). The summed E-state index contributed by atoms with van der Waals surface area (Å²) in [6, 6.07) is 21.5. The predicted molar refractivity (Wildman–Crippen MR) is 154 cm³/mol. The monoisotopic (exact) mass is 582 g/mol. The largest absolute Gasteiger partial charge is 0.477 e. The molecular formula is C31H32F2N2O5S. The Morgan fingerprint density at radius 1 is 0.927 bits per heavy atom. The van der Waals surface area contributed by atoms with Crippen LogP contribution in [0.1, 0.15) is 29.8 Å².